The SMILES string of the molecule is CC[C@@H](OC(C)=O)[C@@H](C)C1O[C@@](OCC2O[C@@H](O[C@@H]3C(COC(=O)C(C)(C)C)O[C@@H](OCc4ccccc4)C(OC(=O)C(C)(C)C)[C@H]3C)C(OC(=O)C(C)(C)C)[C@@H](C)[C@H]2O)(C(=O)OC)C[C@@H](C)[C@H]1C. The van der Waals surface area contributed by atoms with Crippen LogP contribution in [0.1, 0.15) is 129 Å². The van der Waals surface area contributed by atoms with Crippen molar-refractivity contribution < 1.29 is 81.2 Å². The van der Waals surface area contributed by atoms with Gasteiger partial charge in [-0.2, -0.15) is 0 Å². The van der Waals surface area contributed by atoms with Gasteiger partial charge in [-0.3, -0.25) is 19.2 Å². The highest BCUT2D eigenvalue weighted by molar-refractivity contribution is 5.78. The van der Waals surface area contributed by atoms with Crippen molar-refractivity contribution in [2.24, 2.45) is 45.8 Å². The summed E-state index contributed by atoms with van der Waals surface area (Å²) in [5.74, 6) is -7.06. The molecule has 0 bridgehead atoms. The number of benzene rings is 1. The Morgan fingerprint density at radius 1 is 0.754 bits per heavy atom. The maximum atomic E-state index is 13.9. The molecule has 3 fully saturated rings. The van der Waals surface area contributed by atoms with E-state index in [1.165, 1.54) is 14.0 Å². The van der Waals surface area contributed by atoms with Gasteiger partial charge in [0.05, 0.1) is 54.9 Å². The third-order valence-corrected chi connectivity index (χ3v) is 13.4. The standard InChI is InChI=1S/C52H82O17/c1-18-35(63-33(7)53)30(4)39-29(3)28(2)24-52(69-39,48(58)59-17)62-27-36-38(54)31(5)41(67-46(56)50(11,12)13)44(64-36)66-40-32(6)42(68-47(57)51(14,15)16)43(60-25-34-22-20-19-21-23-34)65-37(40)26-61-45(55)49(8,9)10/h19-23,28-32,35-44,54H,18,24-27H2,1-17H3/t28-,29-,30-,31+,32+,35-,36?,37?,38-,39?,40+,41?,42?,43-,44+,52-/m1/s1. The number of methoxy groups -OCH3 is 1. The smallest absolute Gasteiger partial charge is 0.366 e. The topological polar surface area (TPSA) is 207 Å². The van der Waals surface area contributed by atoms with E-state index in [0.717, 1.165) is 5.56 Å². The lowest BCUT2D eigenvalue weighted by Crippen LogP contribution is -2.63. The summed E-state index contributed by atoms with van der Waals surface area (Å²) in [7, 11) is 1.23. The number of aliphatic hydroxyl groups excluding tert-OH is 1. The molecule has 3 aliphatic rings. The maximum absolute atomic E-state index is 13.9. The molecule has 0 radical (unpaired) electrons. The molecule has 0 aromatic heterocycles. The van der Waals surface area contributed by atoms with Gasteiger partial charge in [-0.1, -0.05) is 71.9 Å². The third kappa shape index (κ3) is 14.7. The van der Waals surface area contributed by atoms with Crippen molar-refractivity contribution in [1.29, 1.82) is 0 Å². The fraction of sp³-hybridized carbons (Fsp3) is 0.788. The molecule has 0 amide bonds. The van der Waals surface area contributed by atoms with Crippen molar-refractivity contribution in [3.8, 4) is 0 Å². The van der Waals surface area contributed by atoms with Crippen LogP contribution < -0.4 is 0 Å². The minimum absolute atomic E-state index is 0.0899. The van der Waals surface area contributed by atoms with Gasteiger partial charge in [0.15, 0.2) is 24.8 Å². The van der Waals surface area contributed by atoms with Crippen LogP contribution in [-0.4, -0.2) is 122 Å². The minimum Gasteiger partial charge on any atom is -0.465 e. The second-order valence-corrected chi connectivity index (χ2v) is 22.4. The van der Waals surface area contributed by atoms with E-state index in [2.05, 4.69) is 0 Å². The van der Waals surface area contributed by atoms with Crippen molar-refractivity contribution in [3.05, 3.63) is 35.9 Å². The molecule has 5 unspecified atom stereocenters. The molecule has 3 heterocycles. The monoisotopic (exact) mass is 979 g/mol. The Balaban J connectivity index is 1.76. The predicted octanol–water partition coefficient (Wildman–Crippen LogP) is 7.10. The normalized spacial score (nSPS) is 33.0. The van der Waals surface area contributed by atoms with E-state index in [0.29, 0.717) is 6.42 Å². The zero-order chi connectivity index (χ0) is 52.0. The van der Waals surface area contributed by atoms with Gasteiger partial charge >= 0.3 is 29.8 Å². The lowest BCUT2D eigenvalue weighted by atomic mass is 9.76. The van der Waals surface area contributed by atoms with Gasteiger partial charge in [0, 0.05) is 31.1 Å². The molecule has 0 saturated carbocycles. The van der Waals surface area contributed by atoms with Crippen LogP contribution in [0.5, 0.6) is 0 Å². The molecular weight excluding hydrogens is 897 g/mol. The predicted molar refractivity (Wildman–Crippen MR) is 250 cm³/mol. The van der Waals surface area contributed by atoms with Gasteiger partial charge in [-0.15, -0.1) is 0 Å². The van der Waals surface area contributed by atoms with E-state index in [1.807, 2.05) is 58.0 Å². The maximum Gasteiger partial charge on any atom is 0.366 e. The number of rotatable bonds is 17. The van der Waals surface area contributed by atoms with Gasteiger partial charge in [0.25, 0.3) is 5.79 Å². The number of carbonyl (C=O) groups is 5. The van der Waals surface area contributed by atoms with Gasteiger partial charge in [0.1, 0.15) is 24.9 Å². The molecule has 1 N–H and O–H groups in total. The summed E-state index contributed by atoms with van der Waals surface area (Å²) in [5, 5.41) is 12.0. The molecule has 16 atom stereocenters. The fourth-order valence-electron chi connectivity index (χ4n) is 8.68. The summed E-state index contributed by atoms with van der Waals surface area (Å²) >= 11 is 0. The summed E-state index contributed by atoms with van der Waals surface area (Å²) in [5.41, 5.74) is -1.94. The number of ether oxygens (including phenoxy) is 11. The molecule has 0 spiro atoms. The second kappa shape index (κ2) is 23.7. The van der Waals surface area contributed by atoms with Gasteiger partial charge in [-0.25, -0.2) is 4.79 Å². The van der Waals surface area contributed by atoms with E-state index in [1.54, 1.807) is 76.2 Å². The summed E-state index contributed by atoms with van der Waals surface area (Å²) in [6.07, 6.45) is -10.2. The van der Waals surface area contributed by atoms with Crippen LogP contribution in [0, 0.1) is 45.8 Å². The highest BCUT2D eigenvalue weighted by atomic mass is 16.8. The molecule has 1 aromatic carbocycles. The lowest BCUT2D eigenvalue weighted by molar-refractivity contribution is -0.359. The van der Waals surface area contributed by atoms with Crippen LogP contribution in [0.15, 0.2) is 30.3 Å². The van der Waals surface area contributed by atoms with E-state index < -0.39 is 132 Å². The number of hydrogen-bond acceptors (Lipinski definition) is 17. The van der Waals surface area contributed by atoms with Crippen LogP contribution in [0.25, 0.3) is 0 Å². The Bertz CT molecular complexity index is 1870. The van der Waals surface area contributed by atoms with Crippen LogP contribution in [-0.2, 0) is 82.7 Å². The molecule has 3 aliphatic heterocycles. The first-order chi connectivity index (χ1) is 31.9. The first-order valence-electron chi connectivity index (χ1n) is 24.4. The number of carbonyl (C=O) groups excluding carboxylic acids is 5. The van der Waals surface area contributed by atoms with E-state index >= 15 is 0 Å². The van der Waals surface area contributed by atoms with Crippen LogP contribution in [0.4, 0.5) is 0 Å². The third-order valence-electron chi connectivity index (χ3n) is 13.4. The molecule has 3 saturated heterocycles. The summed E-state index contributed by atoms with van der Waals surface area (Å²) in [6, 6.07) is 9.38. The molecular formula is C52H82O17. The Morgan fingerprint density at radius 3 is 1.83 bits per heavy atom. The van der Waals surface area contributed by atoms with E-state index in [4.69, 9.17) is 52.1 Å². The highest BCUT2D eigenvalue weighted by Gasteiger charge is 2.57. The van der Waals surface area contributed by atoms with Crippen molar-refractivity contribution in [3.63, 3.8) is 0 Å². The van der Waals surface area contributed by atoms with Crippen LogP contribution in [0.3, 0.4) is 0 Å². The molecule has 0 aliphatic carbocycles. The summed E-state index contributed by atoms with van der Waals surface area (Å²) in [6.45, 7) is 27.3. The minimum atomic E-state index is -1.96. The second-order valence-electron chi connectivity index (χ2n) is 22.4. The highest BCUT2D eigenvalue weighted by Crippen LogP contribution is 2.44. The molecule has 69 heavy (non-hydrogen) atoms. The fourth-order valence-corrected chi connectivity index (χ4v) is 8.68. The number of esters is 5. The van der Waals surface area contributed by atoms with Crippen LogP contribution in [0.2, 0.25) is 0 Å². The number of hydrogen-bond donors (Lipinski definition) is 1. The lowest BCUT2D eigenvalue weighted by Gasteiger charge is -2.50. The Morgan fingerprint density at radius 2 is 1.30 bits per heavy atom. The van der Waals surface area contributed by atoms with Crippen molar-refractivity contribution in [2.45, 2.75) is 197 Å². The van der Waals surface area contributed by atoms with Gasteiger partial charge < -0.3 is 57.2 Å². The Hall–Kier alpha value is -3.71. The van der Waals surface area contributed by atoms with Crippen molar-refractivity contribution >= 4 is 29.8 Å². The first-order valence-corrected chi connectivity index (χ1v) is 24.4. The number of aliphatic hydroxyl groups is 1. The summed E-state index contributed by atoms with van der Waals surface area (Å²) in [4.78, 5) is 66.5. The Labute approximate surface area is 409 Å². The molecule has 4 rings (SSSR count). The quantitative estimate of drug-likeness (QED) is 0.122. The van der Waals surface area contributed by atoms with Gasteiger partial charge in [0.2, 0.25) is 0 Å². The van der Waals surface area contributed by atoms with Gasteiger partial charge in [-0.05, 0) is 86.1 Å². The molecule has 17 heteroatoms. The molecule has 1 aromatic rings. The largest absolute Gasteiger partial charge is 0.465 e. The molecule has 392 valence electrons. The van der Waals surface area contributed by atoms with Crippen molar-refractivity contribution in [1.82, 2.24) is 0 Å². The molecule has 17 nitrogen and oxygen atoms in total. The first kappa shape index (κ1) is 57.9. The average molecular weight is 979 g/mol. The zero-order valence-corrected chi connectivity index (χ0v) is 44.1. The zero-order valence-electron chi connectivity index (χ0n) is 44.1. The Kier molecular flexibility index (Phi) is 19.9. The van der Waals surface area contributed by atoms with E-state index in [-0.39, 0.29) is 37.4 Å². The van der Waals surface area contributed by atoms with Crippen molar-refractivity contribution in [2.75, 3.05) is 20.3 Å². The summed E-state index contributed by atoms with van der Waals surface area (Å²) < 4.78 is 68.7. The average Bonchev–Trinajstić information content (AvgIpc) is 3.27. The van der Waals surface area contributed by atoms with Crippen LogP contribution >= 0.6 is 0 Å². The van der Waals surface area contributed by atoms with E-state index in [9.17, 15) is 29.1 Å².